The van der Waals surface area contributed by atoms with E-state index in [2.05, 4.69) is 28.2 Å². The SMILES string of the molecule is CN(C)c1cc(N2CC(C)(CO)C2)ccc1-c1cn(CC2OCC(F)(F)CO2)nn1. The standard InChI is InChI=1S/C20H27F2N5O3/c1-19(11-28)9-26(10-19)14-4-5-15(17(6-14)25(2)3)16-7-27(24-23-16)8-18-29-12-20(21,22)13-30-18/h4-7,18,28H,8-13H2,1-3H3. The first-order valence-corrected chi connectivity index (χ1v) is 9.87. The number of nitrogens with zero attached hydrogens (tertiary/aromatic N) is 5. The average Bonchev–Trinajstić information content (AvgIpc) is 3.15. The van der Waals surface area contributed by atoms with E-state index in [0.717, 1.165) is 30.0 Å². The van der Waals surface area contributed by atoms with E-state index in [-0.39, 0.29) is 18.6 Å². The third-order valence-corrected chi connectivity index (χ3v) is 5.47. The fraction of sp³-hybridized carbons (Fsp3) is 0.600. The number of benzene rings is 1. The van der Waals surface area contributed by atoms with Crippen LogP contribution in [0.1, 0.15) is 6.92 Å². The summed E-state index contributed by atoms with van der Waals surface area (Å²) in [6, 6.07) is 6.14. The number of aromatic nitrogens is 3. The van der Waals surface area contributed by atoms with Crippen LogP contribution < -0.4 is 9.80 Å². The summed E-state index contributed by atoms with van der Waals surface area (Å²) in [5, 5.41) is 17.8. The van der Waals surface area contributed by atoms with Gasteiger partial charge in [0.2, 0.25) is 0 Å². The first-order valence-electron chi connectivity index (χ1n) is 9.87. The Morgan fingerprint density at radius 3 is 2.57 bits per heavy atom. The smallest absolute Gasteiger partial charge is 0.293 e. The quantitative estimate of drug-likeness (QED) is 0.760. The molecule has 0 aliphatic carbocycles. The van der Waals surface area contributed by atoms with Gasteiger partial charge in [-0.1, -0.05) is 12.1 Å². The highest BCUT2D eigenvalue weighted by atomic mass is 19.3. The van der Waals surface area contributed by atoms with Gasteiger partial charge in [0.05, 0.1) is 19.3 Å². The van der Waals surface area contributed by atoms with Gasteiger partial charge in [0, 0.05) is 49.5 Å². The molecule has 0 saturated carbocycles. The van der Waals surface area contributed by atoms with E-state index in [4.69, 9.17) is 9.47 Å². The van der Waals surface area contributed by atoms with Gasteiger partial charge < -0.3 is 24.4 Å². The zero-order chi connectivity index (χ0) is 21.5. The maximum absolute atomic E-state index is 13.1. The molecule has 0 atom stereocenters. The molecule has 2 aliphatic rings. The number of rotatable bonds is 6. The van der Waals surface area contributed by atoms with Crippen LogP contribution >= 0.6 is 0 Å². The van der Waals surface area contributed by atoms with Crippen molar-refractivity contribution in [1.82, 2.24) is 15.0 Å². The molecule has 0 spiro atoms. The summed E-state index contributed by atoms with van der Waals surface area (Å²) >= 11 is 0. The second-order valence-electron chi connectivity index (χ2n) is 8.65. The Kier molecular flexibility index (Phi) is 5.41. The number of alkyl halides is 2. The summed E-state index contributed by atoms with van der Waals surface area (Å²) in [5.41, 5.74) is 3.62. The molecule has 0 amide bonds. The number of ether oxygens (including phenoxy) is 2. The van der Waals surface area contributed by atoms with Gasteiger partial charge in [0.15, 0.2) is 6.29 Å². The van der Waals surface area contributed by atoms with Crippen molar-refractivity contribution in [3.63, 3.8) is 0 Å². The second kappa shape index (κ2) is 7.75. The minimum Gasteiger partial charge on any atom is -0.396 e. The summed E-state index contributed by atoms with van der Waals surface area (Å²) in [6.07, 6.45) is 0.982. The zero-order valence-electron chi connectivity index (χ0n) is 17.4. The molecule has 1 aromatic heterocycles. The molecule has 0 bridgehead atoms. The molecule has 4 rings (SSSR count). The lowest BCUT2D eigenvalue weighted by molar-refractivity contribution is -0.271. The monoisotopic (exact) mass is 423 g/mol. The van der Waals surface area contributed by atoms with Crippen LogP contribution in [0.5, 0.6) is 0 Å². The second-order valence-corrected chi connectivity index (χ2v) is 8.65. The topological polar surface area (TPSA) is 75.9 Å². The molecular formula is C20H27F2N5O3. The molecule has 2 aromatic rings. The van der Waals surface area contributed by atoms with E-state index in [1.165, 1.54) is 0 Å². The fourth-order valence-corrected chi connectivity index (χ4v) is 3.75. The van der Waals surface area contributed by atoms with Crippen molar-refractivity contribution < 1.29 is 23.4 Å². The van der Waals surface area contributed by atoms with Crippen molar-refractivity contribution in [2.75, 3.05) is 56.8 Å². The number of hydrogen-bond donors (Lipinski definition) is 1. The van der Waals surface area contributed by atoms with E-state index < -0.39 is 25.4 Å². The summed E-state index contributed by atoms with van der Waals surface area (Å²) in [6.45, 7) is 2.75. The number of aliphatic hydroxyl groups is 1. The van der Waals surface area contributed by atoms with Crippen LogP contribution in [-0.2, 0) is 16.0 Å². The highest BCUT2D eigenvalue weighted by Crippen LogP contribution is 2.38. The molecule has 0 unspecified atom stereocenters. The molecule has 1 aromatic carbocycles. The third-order valence-electron chi connectivity index (χ3n) is 5.47. The predicted octanol–water partition coefficient (Wildman–Crippen LogP) is 1.84. The van der Waals surface area contributed by atoms with Crippen LogP contribution in [0.25, 0.3) is 11.3 Å². The molecule has 8 nitrogen and oxygen atoms in total. The van der Waals surface area contributed by atoms with Crippen LogP contribution in [0.2, 0.25) is 0 Å². The van der Waals surface area contributed by atoms with Crippen molar-refractivity contribution in [2.45, 2.75) is 25.7 Å². The Balaban J connectivity index is 1.49. The van der Waals surface area contributed by atoms with Gasteiger partial charge in [0.1, 0.15) is 18.9 Å². The van der Waals surface area contributed by atoms with Gasteiger partial charge in [0.25, 0.3) is 5.92 Å². The Morgan fingerprint density at radius 1 is 1.23 bits per heavy atom. The predicted molar refractivity (Wildman–Crippen MR) is 108 cm³/mol. The molecule has 2 saturated heterocycles. The summed E-state index contributed by atoms with van der Waals surface area (Å²) in [7, 11) is 3.93. The minimum atomic E-state index is -2.95. The zero-order valence-corrected chi connectivity index (χ0v) is 17.4. The van der Waals surface area contributed by atoms with Crippen LogP contribution in [0.15, 0.2) is 24.4 Å². The third kappa shape index (κ3) is 4.26. The van der Waals surface area contributed by atoms with Crippen LogP contribution in [-0.4, -0.2) is 79.3 Å². The molecular weight excluding hydrogens is 396 g/mol. The highest BCUT2D eigenvalue weighted by Gasteiger charge is 2.39. The number of aliphatic hydroxyl groups excluding tert-OH is 1. The normalized spacial score (nSPS) is 20.8. The number of hydrogen-bond acceptors (Lipinski definition) is 7. The first-order chi connectivity index (χ1) is 14.2. The van der Waals surface area contributed by atoms with Crippen LogP contribution in [0.3, 0.4) is 0 Å². The molecule has 30 heavy (non-hydrogen) atoms. The van der Waals surface area contributed by atoms with E-state index in [1.807, 2.05) is 31.1 Å². The van der Waals surface area contributed by atoms with Crippen molar-refractivity contribution in [2.24, 2.45) is 5.41 Å². The summed E-state index contributed by atoms with van der Waals surface area (Å²) in [4.78, 5) is 4.25. The Bertz CT molecular complexity index is 888. The highest BCUT2D eigenvalue weighted by molar-refractivity contribution is 5.79. The minimum absolute atomic E-state index is 0.0487. The lowest BCUT2D eigenvalue weighted by Crippen LogP contribution is -2.56. The van der Waals surface area contributed by atoms with E-state index in [9.17, 15) is 13.9 Å². The van der Waals surface area contributed by atoms with Gasteiger partial charge in [-0.05, 0) is 18.2 Å². The molecule has 10 heteroatoms. The van der Waals surface area contributed by atoms with Gasteiger partial charge in [-0.15, -0.1) is 5.10 Å². The maximum Gasteiger partial charge on any atom is 0.293 e. The van der Waals surface area contributed by atoms with Gasteiger partial charge in [-0.3, -0.25) is 0 Å². The summed E-state index contributed by atoms with van der Waals surface area (Å²) < 4.78 is 38.0. The average molecular weight is 423 g/mol. The van der Waals surface area contributed by atoms with Gasteiger partial charge in [-0.25, -0.2) is 13.5 Å². The van der Waals surface area contributed by atoms with E-state index in [0.29, 0.717) is 5.69 Å². The van der Waals surface area contributed by atoms with Crippen LogP contribution in [0, 0.1) is 5.41 Å². The molecule has 0 radical (unpaired) electrons. The molecule has 2 aliphatic heterocycles. The van der Waals surface area contributed by atoms with Gasteiger partial charge >= 0.3 is 0 Å². The Hall–Kier alpha value is -2.30. The maximum atomic E-state index is 13.1. The molecule has 3 heterocycles. The van der Waals surface area contributed by atoms with Crippen molar-refractivity contribution in [3.8, 4) is 11.3 Å². The number of anilines is 2. The Morgan fingerprint density at radius 2 is 1.93 bits per heavy atom. The van der Waals surface area contributed by atoms with Crippen molar-refractivity contribution >= 4 is 11.4 Å². The lowest BCUT2D eigenvalue weighted by Gasteiger charge is -2.48. The van der Waals surface area contributed by atoms with Crippen molar-refractivity contribution in [3.05, 3.63) is 24.4 Å². The number of halogens is 2. The van der Waals surface area contributed by atoms with Crippen molar-refractivity contribution in [1.29, 1.82) is 0 Å². The Labute approximate surface area is 174 Å². The fourth-order valence-electron chi connectivity index (χ4n) is 3.75. The lowest BCUT2D eigenvalue weighted by atomic mass is 9.82. The van der Waals surface area contributed by atoms with Crippen LogP contribution in [0.4, 0.5) is 20.2 Å². The largest absolute Gasteiger partial charge is 0.396 e. The molecule has 2 fully saturated rings. The molecule has 1 N–H and O–H groups in total. The van der Waals surface area contributed by atoms with E-state index >= 15 is 0 Å². The first kappa shape index (κ1) is 21.0. The summed E-state index contributed by atoms with van der Waals surface area (Å²) in [5.74, 6) is -2.95. The van der Waals surface area contributed by atoms with E-state index in [1.54, 1.807) is 10.9 Å². The van der Waals surface area contributed by atoms with Gasteiger partial charge in [-0.2, -0.15) is 0 Å². The molecule has 164 valence electrons.